The van der Waals surface area contributed by atoms with Crippen LogP contribution in [0.25, 0.3) is 0 Å². The molecule has 5 atom stereocenters. The van der Waals surface area contributed by atoms with Crippen molar-refractivity contribution in [3.8, 4) is 0 Å². The number of aliphatic hydroxyl groups is 3. The molecule has 8 nitrogen and oxygen atoms in total. The Hall–Kier alpha value is -1.22. The molecule has 0 aromatic carbocycles. The van der Waals surface area contributed by atoms with Crippen molar-refractivity contribution in [1.29, 1.82) is 0 Å². The van der Waals surface area contributed by atoms with Gasteiger partial charge >= 0.3 is 5.97 Å². The minimum absolute atomic E-state index is 0.477. The SMILES string of the molecule is CC(=O)N[C@H]1[C@@H](OC(C)=O)[C@@H](O)[C@H](CO)O[C@@H]1O. The summed E-state index contributed by atoms with van der Waals surface area (Å²) in [5.74, 6) is -1.16. The average Bonchev–Trinajstić information content (AvgIpc) is 2.27. The number of carbonyl (C=O) groups excluding carboxylic acids is 2. The van der Waals surface area contributed by atoms with Gasteiger partial charge in [-0.15, -0.1) is 0 Å². The first-order valence-corrected chi connectivity index (χ1v) is 5.43. The molecule has 1 saturated heterocycles. The summed E-state index contributed by atoms with van der Waals surface area (Å²) in [6.45, 7) is 1.79. The number of esters is 1. The van der Waals surface area contributed by atoms with Gasteiger partial charge in [0.1, 0.15) is 18.2 Å². The second-order valence-corrected chi connectivity index (χ2v) is 4.04. The van der Waals surface area contributed by atoms with Crippen LogP contribution in [0, 0.1) is 0 Å². The Morgan fingerprint density at radius 2 is 1.94 bits per heavy atom. The number of aliphatic hydroxyl groups excluding tert-OH is 3. The smallest absolute Gasteiger partial charge is 0.303 e. The third kappa shape index (κ3) is 3.39. The van der Waals surface area contributed by atoms with Crippen LogP contribution in [0.4, 0.5) is 0 Å². The van der Waals surface area contributed by atoms with E-state index in [-0.39, 0.29) is 0 Å². The third-order valence-corrected chi connectivity index (χ3v) is 2.54. The molecule has 1 fully saturated rings. The summed E-state index contributed by atoms with van der Waals surface area (Å²) < 4.78 is 9.79. The number of nitrogens with one attached hydrogen (secondary N) is 1. The fourth-order valence-electron chi connectivity index (χ4n) is 1.80. The zero-order valence-electron chi connectivity index (χ0n) is 10.1. The van der Waals surface area contributed by atoms with E-state index in [0.717, 1.165) is 6.92 Å². The highest BCUT2D eigenvalue weighted by molar-refractivity contribution is 5.73. The first kappa shape index (κ1) is 14.8. The molecule has 4 N–H and O–H groups in total. The molecule has 18 heavy (non-hydrogen) atoms. The fraction of sp³-hybridized carbons (Fsp3) is 0.800. The quantitative estimate of drug-likeness (QED) is 0.414. The minimum Gasteiger partial charge on any atom is -0.457 e. The van der Waals surface area contributed by atoms with E-state index in [1.54, 1.807) is 0 Å². The van der Waals surface area contributed by atoms with Gasteiger partial charge in [-0.25, -0.2) is 0 Å². The van der Waals surface area contributed by atoms with Crippen LogP contribution in [-0.2, 0) is 19.1 Å². The van der Waals surface area contributed by atoms with Gasteiger partial charge in [-0.2, -0.15) is 0 Å². The Balaban J connectivity index is 2.89. The summed E-state index contributed by atoms with van der Waals surface area (Å²) in [6.07, 6.45) is -5.11. The van der Waals surface area contributed by atoms with Gasteiger partial charge in [-0.3, -0.25) is 9.59 Å². The van der Waals surface area contributed by atoms with Gasteiger partial charge in [0.2, 0.25) is 5.91 Å². The van der Waals surface area contributed by atoms with Gasteiger partial charge in [0.15, 0.2) is 12.4 Å². The number of ether oxygens (including phenoxy) is 2. The summed E-state index contributed by atoms with van der Waals surface area (Å²) >= 11 is 0. The van der Waals surface area contributed by atoms with Crippen LogP contribution in [0.1, 0.15) is 13.8 Å². The molecule has 8 heteroatoms. The van der Waals surface area contributed by atoms with Crippen LogP contribution < -0.4 is 5.32 Å². The Labute approximate surface area is 104 Å². The maximum atomic E-state index is 11.0. The lowest BCUT2D eigenvalue weighted by molar-refractivity contribution is -0.258. The van der Waals surface area contributed by atoms with Gasteiger partial charge in [0.05, 0.1) is 6.61 Å². The van der Waals surface area contributed by atoms with Crippen molar-refractivity contribution in [3.63, 3.8) is 0 Å². The molecule has 0 radical (unpaired) electrons. The van der Waals surface area contributed by atoms with E-state index in [1.165, 1.54) is 6.92 Å². The van der Waals surface area contributed by atoms with Crippen LogP contribution in [0.3, 0.4) is 0 Å². The topological polar surface area (TPSA) is 125 Å². The molecule has 1 aliphatic rings. The molecule has 1 rings (SSSR count). The van der Waals surface area contributed by atoms with Crippen molar-refractivity contribution < 1.29 is 34.4 Å². The Bertz CT molecular complexity index is 321. The Morgan fingerprint density at radius 3 is 2.39 bits per heavy atom. The standard InChI is InChI=1S/C10H17NO7/c1-4(13)11-7-9(17-5(2)14)8(15)6(3-12)18-10(7)16/h6-10,12,15-16H,3H2,1-2H3,(H,11,13)/t6-,7-,8-,9+,10-/m0/s1. The second kappa shape index (κ2) is 6.10. The van der Waals surface area contributed by atoms with Crippen molar-refractivity contribution in [2.24, 2.45) is 0 Å². The van der Waals surface area contributed by atoms with Gasteiger partial charge in [-0.1, -0.05) is 0 Å². The molecular formula is C10H17NO7. The molecular weight excluding hydrogens is 246 g/mol. The zero-order valence-corrected chi connectivity index (χ0v) is 10.1. The first-order valence-electron chi connectivity index (χ1n) is 5.43. The summed E-state index contributed by atoms with van der Waals surface area (Å²) in [5.41, 5.74) is 0. The van der Waals surface area contributed by atoms with Crippen LogP contribution in [0.15, 0.2) is 0 Å². The number of hydrogen-bond acceptors (Lipinski definition) is 7. The summed E-state index contributed by atoms with van der Waals surface area (Å²) in [7, 11) is 0. The van der Waals surface area contributed by atoms with E-state index in [4.69, 9.17) is 14.6 Å². The van der Waals surface area contributed by atoms with Crippen LogP contribution in [-0.4, -0.2) is 64.4 Å². The molecule has 1 amide bonds. The molecule has 0 saturated carbocycles. The van der Waals surface area contributed by atoms with Gasteiger partial charge < -0.3 is 30.1 Å². The van der Waals surface area contributed by atoms with Crippen molar-refractivity contribution in [1.82, 2.24) is 5.32 Å². The van der Waals surface area contributed by atoms with Crippen molar-refractivity contribution >= 4 is 11.9 Å². The molecule has 0 spiro atoms. The van der Waals surface area contributed by atoms with E-state index in [9.17, 15) is 19.8 Å². The van der Waals surface area contributed by atoms with E-state index in [0.29, 0.717) is 0 Å². The largest absolute Gasteiger partial charge is 0.457 e. The van der Waals surface area contributed by atoms with Crippen LogP contribution in [0.5, 0.6) is 0 Å². The number of rotatable bonds is 3. The molecule has 0 aromatic rings. The lowest BCUT2D eigenvalue weighted by Crippen LogP contribution is -2.65. The highest BCUT2D eigenvalue weighted by atomic mass is 16.6. The van der Waals surface area contributed by atoms with E-state index >= 15 is 0 Å². The second-order valence-electron chi connectivity index (χ2n) is 4.04. The Morgan fingerprint density at radius 1 is 1.33 bits per heavy atom. The molecule has 1 heterocycles. The molecule has 0 bridgehead atoms. The van der Waals surface area contributed by atoms with Crippen molar-refractivity contribution in [2.75, 3.05) is 6.61 Å². The fourth-order valence-corrected chi connectivity index (χ4v) is 1.80. The maximum absolute atomic E-state index is 11.0. The zero-order chi connectivity index (χ0) is 13.9. The summed E-state index contributed by atoms with van der Waals surface area (Å²) in [6, 6.07) is -1.09. The van der Waals surface area contributed by atoms with Gasteiger partial charge in [0, 0.05) is 13.8 Å². The van der Waals surface area contributed by atoms with E-state index in [1.807, 2.05) is 0 Å². The van der Waals surface area contributed by atoms with Gasteiger partial charge in [0.25, 0.3) is 0 Å². The number of amides is 1. The molecule has 0 aromatic heterocycles. The highest BCUT2D eigenvalue weighted by Crippen LogP contribution is 2.22. The van der Waals surface area contributed by atoms with Gasteiger partial charge in [-0.05, 0) is 0 Å². The molecule has 104 valence electrons. The maximum Gasteiger partial charge on any atom is 0.303 e. The number of hydrogen-bond donors (Lipinski definition) is 4. The predicted molar refractivity (Wildman–Crippen MR) is 57.1 cm³/mol. The van der Waals surface area contributed by atoms with E-state index in [2.05, 4.69) is 5.32 Å². The normalized spacial score (nSPS) is 35.9. The summed E-state index contributed by atoms with van der Waals surface area (Å²) in [5, 5.41) is 30.8. The number of carbonyl (C=O) groups is 2. The summed E-state index contributed by atoms with van der Waals surface area (Å²) in [4.78, 5) is 22.0. The van der Waals surface area contributed by atoms with Crippen LogP contribution in [0.2, 0.25) is 0 Å². The monoisotopic (exact) mass is 263 g/mol. The third-order valence-electron chi connectivity index (χ3n) is 2.54. The first-order chi connectivity index (χ1) is 8.36. The van der Waals surface area contributed by atoms with E-state index < -0.39 is 49.1 Å². The molecule has 0 unspecified atom stereocenters. The van der Waals surface area contributed by atoms with Crippen LogP contribution >= 0.6 is 0 Å². The lowest BCUT2D eigenvalue weighted by Gasteiger charge is -2.41. The highest BCUT2D eigenvalue weighted by Gasteiger charge is 2.46. The van der Waals surface area contributed by atoms with Crippen molar-refractivity contribution in [2.45, 2.75) is 44.5 Å². The predicted octanol–water partition coefficient (Wildman–Crippen LogP) is -2.51. The minimum atomic E-state index is -1.49. The molecule has 0 aliphatic carbocycles. The average molecular weight is 263 g/mol. The van der Waals surface area contributed by atoms with Crippen molar-refractivity contribution in [3.05, 3.63) is 0 Å². The lowest BCUT2D eigenvalue weighted by atomic mass is 9.96. The Kier molecular flexibility index (Phi) is 5.03. The molecule has 1 aliphatic heterocycles.